The van der Waals surface area contributed by atoms with Gasteiger partial charge in [0.25, 0.3) is 0 Å². The Kier molecular flexibility index (Phi) is 4.32. The Balaban J connectivity index is 2.58. The lowest BCUT2D eigenvalue weighted by Crippen LogP contribution is -2.07. The largest absolute Gasteiger partial charge is 0.489 e. The maximum atomic E-state index is 6.27. The van der Waals surface area contributed by atoms with Crippen LogP contribution in [-0.4, -0.2) is 13.2 Å². The molecule has 1 aromatic rings. The summed E-state index contributed by atoms with van der Waals surface area (Å²) in [5.41, 5.74) is 1.89. The molecule has 0 spiro atoms. The Bertz CT molecular complexity index is 435. The zero-order chi connectivity index (χ0) is 13.1. The predicted octanol–water partition coefficient (Wildman–Crippen LogP) is 3.02. The molecule has 0 bridgehead atoms. The highest BCUT2D eigenvalue weighted by Crippen LogP contribution is 2.43. The Hall–Kier alpha value is -0.970. The van der Waals surface area contributed by atoms with Crippen molar-refractivity contribution in [3.05, 3.63) is 22.2 Å². The molecule has 1 heterocycles. The van der Waals surface area contributed by atoms with Crippen molar-refractivity contribution in [2.75, 3.05) is 13.2 Å². The number of benzene rings is 1. The Morgan fingerprint density at radius 1 is 1.39 bits per heavy atom. The summed E-state index contributed by atoms with van der Waals surface area (Å²) >= 11 is 6.27. The smallest absolute Gasteiger partial charge is 0.165 e. The van der Waals surface area contributed by atoms with Gasteiger partial charge in [-0.3, -0.25) is 4.84 Å². The highest BCUT2D eigenvalue weighted by molar-refractivity contribution is 6.31. The fraction of sp³-hybridized carbons (Fsp3) is 0.538. The molecule has 0 aliphatic carbocycles. The van der Waals surface area contributed by atoms with E-state index in [4.69, 9.17) is 31.8 Å². The van der Waals surface area contributed by atoms with Crippen LogP contribution in [0.3, 0.4) is 0 Å². The lowest BCUT2D eigenvalue weighted by Gasteiger charge is -2.20. The first-order valence-electron chi connectivity index (χ1n) is 6.07. The highest BCUT2D eigenvalue weighted by atomic mass is 35.5. The van der Waals surface area contributed by atoms with E-state index >= 15 is 0 Å². The van der Waals surface area contributed by atoms with Gasteiger partial charge in [0.15, 0.2) is 11.5 Å². The SMILES string of the molecule is CC(C)c1c(CON)c(Cl)cc2c1OCCCO2. The van der Waals surface area contributed by atoms with Crippen LogP contribution in [0.4, 0.5) is 0 Å². The minimum absolute atomic E-state index is 0.254. The second-order valence-electron chi connectivity index (χ2n) is 4.59. The van der Waals surface area contributed by atoms with Gasteiger partial charge < -0.3 is 9.47 Å². The molecule has 0 unspecified atom stereocenters. The summed E-state index contributed by atoms with van der Waals surface area (Å²) in [5, 5.41) is 0.605. The van der Waals surface area contributed by atoms with Crippen LogP contribution in [0.2, 0.25) is 5.02 Å². The van der Waals surface area contributed by atoms with E-state index in [1.165, 1.54) is 0 Å². The molecule has 5 heteroatoms. The first-order valence-corrected chi connectivity index (χ1v) is 6.45. The Labute approximate surface area is 112 Å². The Morgan fingerprint density at radius 3 is 2.78 bits per heavy atom. The van der Waals surface area contributed by atoms with Crippen LogP contribution >= 0.6 is 11.6 Å². The van der Waals surface area contributed by atoms with Crippen molar-refractivity contribution in [2.45, 2.75) is 32.8 Å². The summed E-state index contributed by atoms with van der Waals surface area (Å²) in [6.07, 6.45) is 0.868. The van der Waals surface area contributed by atoms with Gasteiger partial charge in [-0.2, -0.15) is 0 Å². The van der Waals surface area contributed by atoms with Crippen LogP contribution in [0.1, 0.15) is 37.3 Å². The van der Waals surface area contributed by atoms with Crippen molar-refractivity contribution in [1.29, 1.82) is 0 Å². The number of nitrogens with two attached hydrogens (primary N) is 1. The summed E-state index contributed by atoms with van der Waals surface area (Å²) in [5.74, 6) is 6.92. The number of halogens is 1. The minimum Gasteiger partial charge on any atom is -0.489 e. The number of ether oxygens (including phenoxy) is 2. The standard InChI is InChI=1S/C13H18ClNO3/c1-8(2)12-9(7-18-15)10(14)6-11-13(12)17-5-3-4-16-11/h6,8H,3-5,7,15H2,1-2H3. The van der Waals surface area contributed by atoms with E-state index in [0.29, 0.717) is 24.0 Å². The molecule has 0 fully saturated rings. The molecule has 0 atom stereocenters. The molecule has 1 aliphatic rings. The molecule has 0 saturated carbocycles. The van der Waals surface area contributed by atoms with Gasteiger partial charge in [-0.15, -0.1) is 0 Å². The zero-order valence-electron chi connectivity index (χ0n) is 10.7. The summed E-state index contributed by atoms with van der Waals surface area (Å²) in [4.78, 5) is 4.74. The van der Waals surface area contributed by atoms with E-state index in [0.717, 1.165) is 23.3 Å². The summed E-state index contributed by atoms with van der Waals surface area (Å²) in [6.45, 7) is 5.73. The molecule has 1 aromatic carbocycles. The van der Waals surface area contributed by atoms with Crippen molar-refractivity contribution in [3.8, 4) is 11.5 Å². The summed E-state index contributed by atoms with van der Waals surface area (Å²) in [7, 11) is 0. The number of fused-ring (bicyclic) bond motifs is 1. The molecule has 2 N–H and O–H groups in total. The minimum atomic E-state index is 0.254. The molecule has 0 radical (unpaired) electrons. The third-order valence-electron chi connectivity index (χ3n) is 2.94. The van der Waals surface area contributed by atoms with Crippen molar-refractivity contribution >= 4 is 11.6 Å². The number of rotatable bonds is 3. The fourth-order valence-electron chi connectivity index (χ4n) is 2.18. The van der Waals surface area contributed by atoms with E-state index in [1.807, 2.05) is 0 Å². The molecular formula is C13H18ClNO3. The van der Waals surface area contributed by atoms with E-state index in [-0.39, 0.29) is 12.5 Å². The third kappa shape index (κ3) is 2.55. The lowest BCUT2D eigenvalue weighted by molar-refractivity contribution is 0.123. The topological polar surface area (TPSA) is 53.7 Å². The van der Waals surface area contributed by atoms with Gasteiger partial charge in [0.05, 0.1) is 24.8 Å². The fourth-order valence-corrected chi connectivity index (χ4v) is 2.43. The number of hydrogen-bond acceptors (Lipinski definition) is 4. The van der Waals surface area contributed by atoms with E-state index in [9.17, 15) is 0 Å². The van der Waals surface area contributed by atoms with Gasteiger partial charge in [-0.25, -0.2) is 5.90 Å². The predicted molar refractivity (Wildman–Crippen MR) is 70.1 cm³/mol. The van der Waals surface area contributed by atoms with Gasteiger partial charge in [0.2, 0.25) is 0 Å². The van der Waals surface area contributed by atoms with Crippen molar-refractivity contribution < 1.29 is 14.3 Å². The normalized spacial score (nSPS) is 14.7. The van der Waals surface area contributed by atoms with E-state index < -0.39 is 0 Å². The zero-order valence-corrected chi connectivity index (χ0v) is 11.4. The summed E-state index contributed by atoms with van der Waals surface area (Å²) in [6, 6.07) is 1.78. The maximum Gasteiger partial charge on any atom is 0.165 e. The van der Waals surface area contributed by atoms with E-state index in [2.05, 4.69) is 13.8 Å². The maximum absolute atomic E-state index is 6.27. The third-order valence-corrected chi connectivity index (χ3v) is 3.27. The van der Waals surface area contributed by atoms with Crippen LogP contribution in [-0.2, 0) is 11.4 Å². The molecular weight excluding hydrogens is 254 g/mol. The Morgan fingerprint density at radius 2 is 2.11 bits per heavy atom. The molecule has 18 heavy (non-hydrogen) atoms. The monoisotopic (exact) mass is 271 g/mol. The second-order valence-corrected chi connectivity index (χ2v) is 5.00. The van der Waals surface area contributed by atoms with E-state index in [1.54, 1.807) is 6.07 Å². The molecule has 0 aromatic heterocycles. The van der Waals surface area contributed by atoms with Gasteiger partial charge in [0.1, 0.15) is 0 Å². The second kappa shape index (κ2) is 5.78. The quantitative estimate of drug-likeness (QED) is 0.859. The van der Waals surface area contributed by atoms with Gasteiger partial charge in [-0.1, -0.05) is 25.4 Å². The average Bonchev–Trinajstić information content (AvgIpc) is 2.54. The van der Waals surface area contributed by atoms with Gasteiger partial charge in [-0.05, 0) is 5.92 Å². The molecule has 100 valence electrons. The molecule has 0 amide bonds. The molecule has 2 rings (SSSR count). The van der Waals surface area contributed by atoms with Crippen LogP contribution in [0, 0.1) is 0 Å². The first kappa shape index (κ1) is 13.5. The number of hydrogen-bond donors (Lipinski definition) is 1. The van der Waals surface area contributed by atoms with Crippen LogP contribution in [0.25, 0.3) is 0 Å². The van der Waals surface area contributed by atoms with Crippen LogP contribution in [0.5, 0.6) is 11.5 Å². The van der Waals surface area contributed by atoms with Gasteiger partial charge >= 0.3 is 0 Å². The molecule has 4 nitrogen and oxygen atoms in total. The summed E-state index contributed by atoms with van der Waals surface area (Å²) < 4.78 is 11.5. The van der Waals surface area contributed by atoms with Crippen LogP contribution in [0.15, 0.2) is 6.07 Å². The van der Waals surface area contributed by atoms with Crippen LogP contribution < -0.4 is 15.4 Å². The molecule has 1 aliphatic heterocycles. The van der Waals surface area contributed by atoms with Crippen molar-refractivity contribution in [1.82, 2.24) is 0 Å². The lowest BCUT2D eigenvalue weighted by atomic mass is 9.95. The molecule has 0 saturated heterocycles. The highest BCUT2D eigenvalue weighted by Gasteiger charge is 2.23. The van der Waals surface area contributed by atoms with Crippen molar-refractivity contribution in [3.63, 3.8) is 0 Å². The van der Waals surface area contributed by atoms with Crippen molar-refractivity contribution in [2.24, 2.45) is 5.90 Å². The average molecular weight is 272 g/mol. The van der Waals surface area contributed by atoms with Gasteiger partial charge in [0, 0.05) is 23.6 Å². The first-order chi connectivity index (χ1) is 8.65.